The first-order valence-electron chi connectivity index (χ1n) is 5.24. The van der Waals surface area contributed by atoms with Crippen molar-refractivity contribution < 1.29 is 4.74 Å². The van der Waals surface area contributed by atoms with Crippen LogP contribution in [0.1, 0.15) is 25.8 Å². The summed E-state index contributed by atoms with van der Waals surface area (Å²) in [6.07, 6.45) is 1.90. The van der Waals surface area contributed by atoms with E-state index < -0.39 is 0 Å². The first-order chi connectivity index (χ1) is 6.77. The summed E-state index contributed by atoms with van der Waals surface area (Å²) in [6, 6.07) is 8.34. The number of hydrogen-bond acceptors (Lipinski definition) is 2. The van der Waals surface area contributed by atoms with E-state index in [4.69, 9.17) is 10.5 Å². The molecule has 1 atom stereocenters. The van der Waals surface area contributed by atoms with E-state index in [0.717, 1.165) is 18.6 Å². The highest BCUT2D eigenvalue weighted by Gasteiger charge is 2.06. The van der Waals surface area contributed by atoms with Crippen LogP contribution in [-0.2, 0) is 6.42 Å². The molecule has 86 valence electrons. The summed E-state index contributed by atoms with van der Waals surface area (Å²) in [5, 5.41) is 0. The molecule has 2 nitrogen and oxygen atoms in total. The van der Waals surface area contributed by atoms with Crippen LogP contribution in [-0.4, -0.2) is 12.6 Å². The van der Waals surface area contributed by atoms with E-state index >= 15 is 0 Å². The molecular weight excluding hydrogens is 210 g/mol. The van der Waals surface area contributed by atoms with Crippen molar-refractivity contribution in [3.05, 3.63) is 29.8 Å². The number of benzene rings is 1. The van der Waals surface area contributed by atoms with Gasteiger partial charge in [-0.1, -0.05) is 25.1 Å². The number of rotatable bonds is 5. The Hall–Kier alpha value is -0.730. The molecule has 2 N–H and O–H groups in total. The molecule has 0 heterocycles. The standard InChI is InChI=1S/C12H19NO.ClH/c1-3-11(13)9-10-7-5-6-8-12(10)14-4-2;/h5-8,11H,3-4,9,13H2,1-2H3;1H. The van der Waals surface area contributed by atoms with Gasteiger partial charge in [0.05, 0.1) is 6.61 Å². The normalized spacial score (nSPS) is 11.7. The van der Waals surface area contributed by atoms with Crippen LogP contribution in [0.25, 0.3) is 0 Å². The van der Waals surface area contributed by atoms with Gasteiger partial charge in [0.1, 0.15) is 5.75 Å². The van der Waals surface area contributed by atoms with Crippen molar-refractivity contribution in [2.24, 2.45) is 5.73 Å². The zero-order chi connectivity index (χ0) is 10.4. The van der Waals surface area contributed by atoms with Crippen molar-refractivity contribution in [3.63, 3.8) is 0 Å². The predicted octanol–water partition coefficient (Wildman–Crippen LogP) is 2.79. The molecule has 0 amide bonds. The molecule has 0 aliphatic carbocycles. The Morgan fingerprint density at radius 3 is 2.53 bits per heavy atom. The van der Waals surface area contributed by atoms with Crippen molar-refractivity contribution >= 4 is 12.4 Å². The van der Waals surface area contributed by atoms with Gasteiger partial charge in [0.25, 0.3) is 0 Å². The fourth-order valence-electron chi connectivity index (χ4n) is 1.40. The second kappa shape index (κ2) is 7.55. The van der Waals surface area contributed by atoms with E-state index in [1.165, 1.54) is 5.56 Å². The Kier molecular flexibility index (Phi) is 7.18. The van der Waals surface area contributed by atoms with Gasteiger partial charge in [-0.2, -0.15) is 0 Å². The minimum Gasteiger partial charge on any atom is -0.494 e. The highest BCUT2D eigenvalue weighted by Crippen LogP contribution is 2.19. The zero-order valence-corrected chi connectivity index (χ0v) is 10.2. The van der Waals surface area contributed by atoms with Gasteiger partial charge in [0.2, 0.25) is 0 Å². The molecule has 0 aliphatic rings. The quantitative estimate of drug-likeness (QED) is 0.843. The molecule has 1 aromatic carbocycles. The third kappa shape index (κ3) is 4.54. The smallest absolute Gasteiger partial charge is 0.122 e. The number of halogens is 1. The minimum absolute atomic E-state index is 0. The Labute approximate surface area is 98.2 Å². The number of nitrogens with two attached hydrogens (primary N) is 1. The van der Waals surface area contributed by atoms with Crippen LogP contribution in [0, 0.1) is 0 Å². The van der Waals surface area contributed by atoms with E-state index in [-0.39, 0.29) is 18.4 Å². The summed E-state index contributed by atoms with van der Waals surface area (Å²) < 4.78 is 5.53. The van der Waals surface area contributed by atoms with E-state index in [9.17, 15) is 0 Å². The molecule has 0 aliphatic heterocycles. The summed E-state index contributed by atoms with van der Waals surface area (Å²) >= 11 is 0. The molecule has 0 spiro atoms. The molecule has 3 heteroatoms. The van der Waals surface area contributed by atoms with E-state index in [0.29, 0.717) is 6.61 Å². The van der Waals surface area contributed by atoms with Crippen LogP contribution >= 0.6 is 12.4 Å². The van der Waals surface area contributed by atoms with E-state index in [2.05, 4.69) is 13.0 Å². The first kappa shape index (κ1) is 14.3. The predicted molar refractivity (Wildman–Crippen MR) is 66.8 cm³/mol. The van der Waals surface area contributed by atoms with Gasteiger partial charge in [0.15, 0.2) is 0 Å². The summed E-state index contributed by atoms with van der Waals surface area (Å²) in [7, 11) is 0. The lowest BCUT2D eigenvalue weighted by Crippen LogP contribution is -2.21. The van der Waals surface area contributed by atoms with Crippen LogP contribution in [0.4, 0.5) is 0 Å². The Balaban J connectivity index is 0.00000196. The lowest BCUT2D eigenvalue weighted by molar-refractivity contribution is 0.335. The summed E-state index contributed by atoms with van der Waals surface area (Å²) in [4.78, 5) is 0. The highest BCUT2D eigenvalue weighted by atomic mass is 35.5. The molecule has 0 saturated carbocycles. The lowest BCUT2D eigenvalue weighted by Gasteiger charge is -2.13. The summed E-state index contributed by atoms with van der Waals surface area (Å²) in [5.41, 5.74) is 7.13. The van der Waals surface area contributed by atoms with Crippen molar-refractivity contribution in [1.29, 1.82) is 0 Å². The average Bonchev–Trinajstić information content (AvgIpc) is 2.21. The van der Waals surface area contributed by atoms with Crippen molar-refractivity contribution in [1.82, 2.24) is 0 Å². The maximum atomic E-state index is 5.91. The second-order valence-electron chi connectivity index (χ2n) is 3.41. The Bertz CT molecular complexity index is 278. The molecule has 1 unspecified atom stereocenters. The van der Waals surface area contributed by atoms with Gasteiger partial charge in [-0.15, -0.1) is 12.4 Å². The third-order valence-electron chi connectivity index (χ3n) is 2.28. The van der Waals surface area contributed by atoms with Crippen LogP contribution < -0.4 is 10.5 Å². The molecular formula is C12H20ClNO. The molecule has 1 rings (SSSR count). The maximum absolute atomic E-state index is 5.91. The molecule has 0 aromatic heterocycles. The van der Waals surface area contributed by atoms with Crippen molar-refractivity contribution in [2.45, 2.75) is 32.7 Å². The van der Waals surface area contributed by atoms with Crippen LogP contribution in [0.5, 0.6) is 5.75 Å². The molecule has 0 radical (unpaired) electrons. The van der Waals surface area contributed by atoms with Crippen LogP contribution in [0.2, 0.25) is 0 Å². The van der Waals surface area contributed by atoms with Gasteiger partial charge < -0.3 is 10.5 Å². The molecule has 1 aromatic rings. The van der Waals surface area contributed by atoms with Crippen molar-refractivity contribution in [3.8, 4) is 5.75 Å². The number of para-hydroxylation sites is 1. The maximum Gasteiger partial charge on any atom is 0.122 e. The number of ether oxygens (including phenoxy) is 1. The molecule has 0 bridgehead atoms. The fourth-order valence-corrected chi connectivity index (χ4v) is 1.40. The van der Waals surface area contributed by atoms with Gasteiger partial charge in [-0.3, -0.25) is 0 Å². The van der Waals surface area contributed by atoms with E-state index in [1.54, 1.807) is 0 Å². The van der Waals surface area contributed by atoms with Gasteiger partial charge in [0, 0.05) is 6.04 Å². The Morgan fingerprint density at radius 1 is 1.27 bits per heavy atom. The Morgan fingerprint density at radius 2 is 1.93 bits per heavy atom. The largest absolute Gasteiger partial charge is 0.494 e. The number of hydrogen-bond donors (Lipinski definition) is 1. The molecule has 15 heavy (non-hydrogen) atoms. The van der Waals surface area contributed by atoms with Crippen LogP contribution in [0.3, 0.4) is 0 Å². The average molecular weight is 230 g/mol. The van der Waals surface area contributed by atoms with Crippen molar-refractivity contribution in [2.75, 3.05) is 6.61 Å². The SMILES string of the molecule is CCOc1ccccc1CC(N)CC.Cl. The topological polar surface area (TPSA) is 35.2 Å². The highest BCUT2D eigenvalue weighted by molar-refractivity contribution is 5.85. The molecule has 0 saturated heterocycles. The van der Waals surface area contributed by atoms with Gasteiger partial charge >= 0.3 is 0 Å². The third-order valence-corrected chi connectivity index (χ3v) is 2.28. The summed E-state index contributed by atoms with van der Waals surface area (Å²) in [5.74, 6) is 0.971. The van der Waals surface area contributed by atoms with Gasteiger partial charge in [-0.05, 0) is 31.4 Å². The molecule has 0 fully saturated rings. The lowest BCUT2D eigenvalue weighted by atomic mass is 10.0. The fraction of sp³-hybridized carbons (Fsp3) is 0.500. The van der Waals surface area contributed by atoms with Crippen LogP contribution in [0.15, 0.2) is 24.3 Å². The minimum atomic E-state index is 0. The monoisotopic (exact) mass is 229 g/mol. The van der Waals surface area contributed by atoms with E-state index in [1.807, 2.05) is 25.1 Å². The second-order valence-corrected chi connectivity index (χ2v) is 3.41. The zero-order valence-electron chi connectivity index (χ0n) is 9.40. The van der Waals surface area contributed by atoms with Gasteiger partial charge in [-0.25, -0.2) is 0 Å². The first-order valence-corrected chi connectivity index (χ1v) is 5.24. The summed E-state index contributed by atoms with van der Waals surface area (Å²) in [6.45, 7) is 4.81.